The third kappa shape index (κ3) is 5.87. The van der Waals surface area contributed by atoms with Crippen LogP contribution in [0.3, 0.4) is 0 Å². The van der Waals surface area contributed by atoms with Gasteiger partial charge >= 0.3 is 0 Å². The molecule has 1 saturated heterocycles. The Morgan fingerprint density at radius 3 is 2.87 bits per heavy atom. The van der Waals surface area contributed by atoms with Crippen LogP contribution in [0, 0.1) is 17.2 Å². The maximum atomic E-state index is 12.8. The fraction of sp³-hybridized carbons (Fsp3) is 0.455. The second-order valence-corrected chi connectivity index (χ2v) is 8.29. The Balaban J connectivity index is 1.54. The summed E-state index contributed by atoms with van der Waals surface area (Å²) in [5, 5.41) is 14.5. The van der Waals surface area contributed by atoms with Crippen LogP contribution in [0.5, 0.6) is 0 Å². The van der Waals surface area contributed by atoms with E-state index in [1.807, 2.05) is 24.4 Å². The molecule has 1 aliphatic heterocycles. The Morgan fingerprint density at radius 1 is 1.39 bits per heavy atom. The van der Waals surface area contributed by atoms with E-state index in [9.17, 15) is 14.0 Å². The Kier molecular flexibility index (Phi) is 8.09. The van der Waals surface area contributed by atoms with E-state index in [0.29, 0.717) is 25.1 Å². The van der Waals surface area contributed by atoms with E-state index in [1.165, 1.54) is 11.3 Å². The molecular weight excluding hydrogens is 419 g/mol. The van der Waals surface area contributed by atoms with Crippen molar-refractivity contribution in [3.63, 3.8) is 0 Å². The third-order valence-corrected chi connectivity index (χ3v) is 6.22. The Hall–Kier alpha value is -2.83. The van der Waals surface area contributed by atoms with Crippen molar-refractivity contribution >= 4 is 23.2 Å². The van der Waals surface area contributed by atoms with Crippen LogP contribution in [0.2, 0.25) is 0 Å². The Bertz CT molecular complexity index is 941. The first-order chi connectivity index (χ1) is 15.0. The largest absolute Gasteiger partial charge is 0.369 e. The van der Waals surface area contributed by atoms with E-state index in [0.717, 1.165) is 22.7 Å². The molecule has 164 valence electrons. The first-order valence-electron chi connectivity index (χ1n) is 10.2. The lowest BCUT2D eigenvalue weighted by Gasteiger charge is -2.38. The van der Waals surface area contributed by atoms with Gasteiger partial charge in [0.1, 0.15) is 18.3 Å². The van der Waals surface area contributed by atoms with Crippen LogP contribution in [0.25, 0.3) is 11.3 Å². The van der Waals surface area contributed by atoms with Gasteiger partial charge in [-0.1, -0.05) is 12.1 Å². The van der Waals surface area contributed by atoms with Crippen molar-refractivity contribution in [2.24, 2.45) is 5.92 Å². The predicted molar refractivity (Wildman–Crippen MR) is 115 cm³/mol. The van der Waals surface area contributed by atoms with Crippen molar-refractivity contribution in [2.75, 3.05) is 26.4 Å². The van der Waals surface area contributed by atoms with Crippen LogP contribution >= 0.6 is 11.3 Å². The second-order valence-electron chi connectivity index (χ2n) is 7.35. The highest BCUT2D eigenvalue weighted by Gasteiger charge is 2.35. The van der Waals surface area contributed by atoms with Gasteiger partial charge in [0, 0.05) is 23.5 Å². The number of carbonyl (C=O) groups excluding carboxylic acids is 2. The van der Waals surface area contributed by atoms with Crippen LogP contribution in [0.4, 0.5) is 4.39 Å². The first-order valence-corrected chi connectivity index (χ1v) is 11.1. The van der Waals surface area contributed by atoms with Crippen LogP contribution in [-0.2, 0) is 20.9 Å². The van der Waals surface area contributed by atoms with E-state index in [2.05, 4.69) is 16.4 Å². The topological polar surface area (TPSA) is 95.3 Å². The standard InChI is InChI=1S/C22H25FN4O3S/c1-15-18(3-2-9-27(15)21(28)13-30-10-8-23)22(29)25-12-20-26-19(14-31-20)17-6-4-16(11-24)5-7-17/h4-7,14-15,18H,2-3,8-10,12-13H2,1H3,(H,25,29)/t15-,18-/m1/s1. The molecule has 2 amide bonds. The molecule has 0 spiro atoms. The number of rotatable bonds is 8. The summed E-state index contributed by atoms with van der Waals surface area (Å²) in [5.41, 5.74) is 2.31. The number of thiazole rings is 1. The molecule has 2 aromatic rings. The number of hydrogen-bond donors (Lipinski definition) is 1. The second kappa shape index (κ2) is 11.0. The molecule has 7 nitrogen and oxygen atoms in total. The minimum atomic E-state index is -0.627. The molecule has 2 heterocycles. The summed E-state index contributed by atoms with van der Waals surface area (Å²) in [5.74, 6) is -0.632. The number of piperidine rings is 1. The number of nitriles is 1. The number of nitrogens with zero attached hydrogens (tertiary/aromatic N) is 3. The average molecular weight is 445 g/mol. The molecule has 0 aliphatic carbocycles. The first kappa shape index (κ1) is 22.8. The average Bonchev–Trinajstić information content (AvgIpc) is 3.27. The number of alkyl halides is 1. The molecule has 1 fully saturated rings. The highest BCUT2D eigenvalue weighted by Crippen LogP contribution is 2.25. The van der Waals surface area contributed by atoms with Crippen molar-refractivity contribution in [2.45, 2.75) is 32.4 Å². The SMILES string of the molecule is C[C@@H]1[C@H](C(=O)NCc2nc(-c3ccc(C#N)cc3)cs2)CCCN1C(=O)COCCF. The maximum absolute atomic E-state index is 12.8. The van der Waals surface area contributed by atoms with Crippen LogP contribution in [-0.4, -0.2) is 54.2 Å². The van der Waals surface area contributed by atoms with Gasteiger partial charge in [-0.3, -0.25) is 9.59 Å². The zero-order chi connectivity index (χ0) is 22.2. The lowest BCUT2D eigenvalue weighted by molar-refractivity contribution is -0.143. The van der Waals surface area contributed by atoms with Crippen molar-refractivity contribution < 1.29 is 18.7 Å². The lowest BCUT2D eigenvalue weighted by Crippen LogP contribution is -2.52. The molecule has 0 unspecified atom stereocenters. The molecule has 9 heteroatoms. The number of amides is 2. The molecular formula is C22H25FN4O3S. The van der Waals surface area contributed by atoms with Crippen molar-refractivity contribution in [1.82, 2.24) is 15.2 Å². The molecule has 0 radical (unpaired) electrons. The number of ether oxygens (including phenoxy) is 1. The number of hydrogen-bond acceptors (Lipinski definition) is 6. The fourth-order valence-corrected chi connectivity index (χ4v) is 4.42. The van der Waals surface area contributed by atoms with Crippen molar-refractivity contribution in [3.8, 4) is 17.3 Å². The van der Waals surface area contributed by atoms with E-state index in [4.69, 9.17) is 10.00 Å². The van der Waals surface area contributed by atoms with Crippen LogP contribution in [0.1, 0.15) is 30.3 Å². The number of benzene rings is 1. The predicted octanol–water partition coefficient (Wildman–Crippen LogP) is 2.91. The highest BCUT2D eigenvalue weighted by molar-refractivity contribution is 7.09. The molecule has 1 aromatic heterocycles. The third-order valence-electron chi connectivity index (χ3n) is 5.37. The minimum Gasteiger partial charge on any atom is -0.369 e. The van der Waals surface area contributed by atoms with Gasteiger partial charge in [-0.05, 0) is 31.9 Å². The Labute approximate surface area is 184 Å². The molecule has 0 bridgehead atoms. The number of likely N-dealkylation sites (tertiary alicyclic amines) is 1. The van der Waals surface area contributed by atoms with Gasteiger partial charge < -0.3 is 15.0 Å². The van der Waals surface area contributed by atoms with Gasteiger partial charge in [0.2, 0.25) is 11.8 Å². The summed E-state index contributed by atoms with van der Waals surface area (Å²) in [4.78, 5) is 31.3. The number of carbonyl (C=O) groups is 2. The highest BCUT2D eigenvalue weighted by atomic mass is 32.1. The maximum Gasteiger partial charge on any atom is 0.248 e. The van der Waals surface area contributed by atoms with Crippen LogP contribution in [0.15, 0.2) is 29.6 Å². The fourth-order valence-electron chi connectivity index (χ4n) is 3.68. The normalized spacial score (nSPS) is 18.4. The molecule has 1 aromatic carbocycles. The summed E-state index contributed by atoms with van der Waals surface area (Å²) in [6.07, 6.45) is 1.44. The van der Waals surface area contributed by atoms with E-state index in [-0.39, 0.29) is 37.0 Å². The van der Waals surface area contributed by atoms with Gasteiger partial charge in [-0.25, -0.2) is 9.37 Å². The van der Waals surface area contributed by atoms with Gasteiger partial charge in [-0.2, -0.15) is 5.26 Å². The smallest absolute Gasteiger partial charge is 0.248 e. The number of aromatic nitrogens is 1. The Morgan fingerprint density at radius 2 is 2.16 bits per heavy atom. The molecule has 1 N–H and O–H groups in total. The van der Waals surface area contributed by atoms with Crippen molar-refractivity contribution in [3.05, 3.63) is 40.2 Å². The molecule has 3 rings (SSSR count). The molecule has 0 saturated carbocycles. The quantitative estimate of drug-likeness (QED) is 0.632. The van der Waals surface area contributed by atoms with Crippen molar-refractivity contribution in [1.29, 1.82) is 5.26 Å². The number of nitrogens with one attached hydrogen (secondary N) is 1. The van der Waals surface area contributed by atoms with Gasteiger partial charge in [0.15, 0.2) is 0 Å². The molecule has 31 heavy (non-hydrogen) atoms. The summed E-state index contributed by atoms with van der Waals surface area (Å²) in [7, 11) is 0. The van der Waals surface area contributed by atoms with E-state index >= 15 is 0 Å². The lowest BCUT2D eigenvalue weighted by atomic mass is 9.89. The molecule has 1 aliphatic rings. The van der Waals surface area contributed by atoms with E-state index < -0.39 is 6.67 Å². The summed E-state index contributed by atoms with van der Waals surface area (Å²) >= 11 is 1.46. The van der Waals surface area contributed by atoms with Gasteiger partial charge in [0.05, 0.1) is 36.4 Å². The summed E-state index contributed by atoms with van der Waals surface area (Å²) in [6.45, 7) is 1.86. The van der Waals surface area contributed by atoms with Gasteiger partial charge in [-0.15, -0.1) is 11.3 Å². The van der Waals surface area contributed by atoms with E-state index in [1.54, 1.807) is 17.0 Å². The monoisotopic (exact) mass is 444 g/mol. The molecule has 2 atom stereocenters. The van der Waals surface area contributed by atoms with Gasteiger partial charge in [0.25, 0.3) is 0 Å². The van der Waals surface area contributed by atoms with Crippen LogP contribution < -0.4 is 5.32 Å². The zero-order valence-electron chi connectivity index (χ0n) is 17.3. The number of halogens is 1. The minimum absolute atomic E-state index is 0.101. The zero-order valence-corrected chi connectivity index (χ0v) is 18.2. The summed E-state index contributed by atoms with van der Waals surface area (Å²) in [6, 6.07) is 9.03. The summed E-state index contributed by atoms with van der Waals surface area (Å²) < 4.78 is 17.2.